The minimum Gasteiger partial charge on any atom is -0.240 e. The molecular weight excluding hydrogens is 252 g/mol. The normalized spacial score (nSPS) is 10.9. The van der Waals surface area contributed by atoms with Gasteiger partial charge in [0.05, 0.1) is 16.4 Å². The summed E-state index contributed by atoms with van der Waals surface area (Å²) in [5.74, 6) is 0. The summed E-state index contributed by atoms with van der Waals surface area (Å²) in [6, 6.07) is 9.99. The zero-order valence-electron chi connectivity index (χ0n) is 9.14. The summed E-state index contributed by atoms with van der Waals surface area (Å²) in [4.78, 5) is 8.82. The molecule has 0 fully saturated rings. The Hall–Kier alpha value is -1.45. The average molecular weight is 261 g/mol. The Kier molecular flexibility index (Phi) is 2.57. The minimum atomic E-state index is 0.531. The highest BCUT2D eigenvalue weighted by Gasteiger charge is 2.07. The molecule has 4 heteroatoms. The number of hydrogen-bond donors (Lipinski definition) is 0. The van der Waals surface area contributed by atoms with Gasteiger partial charge in [0.1, 0.15) is 5.15 Å². The lowest BCUT2D eigenvalue weighted by atomic mass is 10.1. The van der Waals surface area contributed by atoms with E-state index in [0.29, 0.717) is 5.15 Å². The first kappa shape index (κ1) is 10.7. The molecule has 2 heterocycles. The topological polar surface area (TPSA) is 25.8 Å². The molecule has 0 amide bonds. The molecule has 0 bridgehead atoms. The van der Waals surface area contributed by atoms with E-state index in [1.165, 1.54) is 0 Å². The third-order valence-corrected chi connectivity index (χ3v) is 3.64. The Labute approximate surface area is 108 Å². The lowest BCUT2D eigenvalue weighted by molar-refractivity contribution is 1.25. The van der Waals surface area contributed by atoms with Crippen molar-refractivity contribution in [3.05, 3.63) is 45.9 Å². The SMILES string of the molecule is Cc1nc(-c2cc3ccccc3c(Cl)n2)cs1. The Morgan fingerprint density at radius 3 is 2.71 bits per heavy atom. The molecule has 0 radical (unpaired) electrons. The number of nitrogens with zero attached hydrogens (tertiary/aromatic N) is 2. The van der Waals surface area contributed by atoms with E-state index in [4.69, 9.17) is 11.6 Å². The van der Waals surface area contributed by atoms with Crippen LogP contribution in [0.15, 0.2) is 35.7 Å². The molecule has 2 nitrogen and oxygen atoms in total. The van der Waals surface area contributed by atoms with E-state index in [-0.39, 0.29) is 0 Å². The van der Waals surface area contributed by atoms with Crippen molar-refractivity contribution < 1.29 is 0 Å². The zero-order valence-corrected chi connectivity index (χ0v) is 10.7. The van der Waals surface area contributed by atoms with Gasteiger partial charge in [0.2, 0.25) is 0 Å². The number of aromatic nitrogens is 2. The van der Waals surface area contributed by atoms with Crippen LogP contribution in [0.1, 0.15) is 5.01 Å². The molecule has 1 aromatic carbocycles. The molecule has 2 aromatic heterocycles. The van der Waals surface area contributed by atoms with Crippen LogP contribution in [0.3, 0.4) is 0 Å². The van der Waals surface area contributed by atoms with Crippen LogP contribution in [0, 0.1) is 6.92 Å². The van der Waals surface area contributed by atoms with E-state index >= 15 is 0 Å². The van der Waals surface area contributed by atoms with Crippen LogP contribution in [0.4, 0.5) is 0 Å². The van der Waals surface area contributed by atoms with Gasteiger partial charge in [-0.25, -0.2) is 9.97 Å². The summed E-state index contributed by atoms with van der Waals surface area (Å²) < 4.78 is 0. The Balaban J connectivity index is 2.25. The molecule has 17 heavy (non-hydrogen) atoms. The molecule has 84 valence electrons. The largest absolute Gasteiger partial charge is 0.240 e. The summed E-state index contributed by atoms with van der Waals surface area (Å²) in [6.45, 7) is 1.98. The molecule has 3 aromatic rings. The summed E-state index contributed by atoms with van der Waals surface area (Å²) in [5, 5.41) is 5.64. The van der Waals surface area contributed by atoms with Gasteiger partial charge in [-0.2, -0.15) is 0 Å². The standard InChI is InChI=1S/C13H9ClN2S/c1-8-15-12(7-17-8)11-6-9-4-2-3-5-10(9)13(14)16-11/h2-7H,1H3. The van der Waals surface area contributed by atoms with E-state index in [2.05, 4.69) is 9.97 Å². The molecule has 0 aliphatic heterocycles. The minimum absolute atomic E-state index is 0.531. The van der Waals surface area contributed by atoms with Crippen molar-refractivity contribution in [2.75, 3.05) is 0 Å². The number of hydrogen-bond acceptors (Lipinski definition) is 3. The van der Waals surface area contributed by atoms with Crippen molar-refractivity contribution in [2.45, 2.75) is 6.92 Å². The molecule has 0 spiro atoms. The Morgan fingerprint density at radius 1 is 1.12 bits per heavy atom. The van der Waals surface area contributed by atoms with Gasteiger partial charge in [0.25, 0.3) is 0 Å². The van der Waals surface area contributed by atoms with Crippen LogP contribution in [0.2, 0.25) is 5.15 Å². The second-order valence-electron chi connectivity index (χ2n) is 3.77. The molecular formula is C13H9ClN2S. The maximum Gasteiger partial charge on any atom is 0.137 e. The predicted molar refractivity (Wildman–Crippen MR) is 72.6 cm³/mol. The van der Waals surface area contributed by atoms with Crippen molar-refractivity contribution in [3.8, 4) is 11.4 Å². The smallest absolute Gasteiger partial charge is 0.137 e. The van der Waals surface area contributed by atoms with E-state index in [1.54, 1.807) is 11.3 Å². The van der Waals surface area contributed by atoms with Crippen LogP contribution < -0.4 is 0 Å². The fraction of sp³-hybridized carbons (Fsp3) is 0.0769. The lowest BCUT2D eigenvalue weighted by Crippen LogP contribution is -1.86. The second-order valence-corrected chi connectivity index (χ2v) is 5.19. The zero-order chi connectivity index (χ0) is 11.8. The van der Waals surface area contributed by atoms with E-state index in [9.17, 15) is 0 Å². The van der Waals surface area contributed by atoms with Gasteiger partial charge >= 0.3 is 0 Å². The number of thiazole rings is 1. The number of pyridine rings is 1. The van der Waals surface area contributed by atoms with Crippen molar-refractivity contribution in [1.29, 1.82) is 0 Å². The number of aryl methyl sites for hydroxylation is 1. The van der Waals surface area contributed by atoms with E-state index in [0.717, 1.165) is 27.2 Å². The van der Waals surface area contributed by atoms with E-state index < -0.39 is 0 Å². The van der Waals surface area contributed by atoms with Gasteiger partial charge < -0.3 is 0 Å². The lowest BCUT2D eigenvalue weighted by Gasteiger charge is -2.02. The summed E-state index contributed by atoms with van der Waals surface area (Å²) in [7, 11) is 0. The third-order valence-electron chi connectivity index (χ3n) is 2.58. The first-order chi connectivity index (χ1) is 8.24. The average Bonchev–Trinajstić information content (AvgIpc) is 2.76. The number of fused-ring (bicyclic) bond motifs is 1. The molecule has 0 aliphatic rings. The molecule has 0 saturated heterocycles. The van der Waals surface area contributed by atoms with Gasteiger partial charge in [0.15, 0.2) is 0 Å². The second kappa shape index (κ2) is 4.09. The Bertz CT molecular complexity index is 691. The number of rotatable bonds is 1. The van der Waals surface area contributed by atoms with Gasteiger partial charge in [-0.3, -0.25) is 0 Å². The van der Waals surface area contributed by atoms with Crippen LogP contribution in [-0.2, 0) is 0 Å². The predicted octanol–water partition coefficient (Wildman–Crippen LogP) is 4.32. The van der Waals surface area contributed by atoms with Crippen molar-refractivity contribution >= 4 is 33.7 Å². The Morgan fingerprint density at radius 2 is 1.94 bits per heavy atom. The number of benzene rings is 1. The molecule has 0 unspecified atom stereocenters. The maximum absolute atomic E-state index is 6.18. The first-order valence-corrected chi connectivity index (χ1v) is 6.47. The summed E-state index contributed by atoms with van der Waals surface area (Å²) in [6.07, 6.45) is 0. The van der Waals surface area contributed by atoms with Crippen molar-refractivity contribution in [2.24, 2.45) is 0 Å². The molecule has 0 aliphatic carbocycles. The first-order valence-electron chi connectivity index (χ1n) is 5.22. The van der Waals surface area contributed by atoms with Gasteiger partial charge in [-0.15, -0.1) is 11.3 Å². The van der Waals surface area contributed by atoms with Crippen LogP contribution in [0.25, 0.3) is 22.2 Å². The highest BCUT2D eigenvalue weighted by atomic mass is 35.5. The molecule has 0 N–H and O–H groups in total. The van der Waals surface area contributed by atoms with Gasteiger partial charge in [0, 0.05) is 10.8 Å². The fourth-order valence-electron chi connectivity index (χ4n) is 1.77. The van der Waals surface area contributed by atoms with Crippen LogP contribution >= 0.6 is 22.9 Å². The third kappa shape index (κ3) is 1.92. The summed E-state index contributed by atoms with van der Waals surface area (Å²) >= 11 is 7.80. The monoisotopic (exact) mass is 260 g/mol. The highest BCUT2D eigenvalue weighted by Crippen LogP contribution is 2.27. The van der Waals surface area contributed by atoms with Crippen LogP contribution in [-0.4, -0.2) is 9.97 Å². The van der Waals surface area contributed by atoms with Crippen molar-refractivity contribution in [3.63, 3.8) is 0 Å². The van der Waals surface area contributed by atoms with E-state index in [1.807, 2.05) is 42.6 Å². The van der Waals surface area contributed by atoms with Gasteiger partial charge in [-0.05, 0) is 18.4 Å². The fourth-order valence-corrected chi connectivity index (χ4v) is 2.64. The summed E-state index contributed by atoms with van der Waals surface area (Å²) in [5.41, 5.74) is 1.72. The quantitative estimate of drug-likeness (QED) is 0.609. The van der Waals surface area contributed by atoms with Crippen molar-refractivity contribution in [1.82, 2.24) is 9.97 Å². The van der Waals surface area contributed by atoms with Gasteiger partial charge in [-0.1, -0.05) is 35.9 Å². The highest BCUT2D eigenvalue weighted by molar-refractivity contribution is 7.09. The molecule has 0 saturated carbocycles. The molecule has 3 rings (SSSR count). The number of halogens is 1. The maximum atomic E-state index is 6.18. The molecule has 0 atom stereocenters. The van der Waals surface area contributed by atoms with Crippen LogP contribution in [0.5, 0.6) is 0 Å².